The standard InChI is InChI=1S/C14H15N5O/c1-8-5-4-6-11-12(8)15-7-16-14(11)17-9(2)13-18-10(3)20-19-13/h4-7,9H,1-3H3,(H,15,16,17). The van der Waals surface area contributed by atoms with Gasteiger partial charge in [-0.2, -0.15) is 4.98 Å². The van der Waals surface area contributed by atoms with Crippen LogP contribution in [0.2, 0.25) is 0 Å². The van der Waals surface area contributed by atoms with E-state index in [0.29, 0.717) is 11.7 Å². The fraction of sp³-hybridized carbons (Fsp3) is 0.286. The van der Waals surface area contributed by atoms with Gasteiger partial charge in [0.05, 0.1) is 11.6 Å². The fourth-order valence-corrected chi connectivity index (χ4v) is 2.11. The summed E-state index contributed by atoms with van der Waals surface area (Å²) in [4.78, 5) is 12.9. The molecule has 6 nitrogen and oxygen atoms in total. The van der Waals surface area contributed by atoms with Gasteiger partial charge in [-0.25, -0.2) is 9.97 Å². The lowest BCUT2D eigenvalue weighted by atomic mass is 10.1. The quantitative estimate of drug-likeness (QED) is 0.787. The van der Waals surface area contributed by atoms with Crippen LogP contribution >= 0.6 is 0 Å². The van der Waals surface area contributed by atoms with Crippen molar-refractivity contribution in [3.8, 4) is 0 Å². The van der Waals surface area contributed by atoms with E-state index in [2.05, 4.69) is 25.4 Å². The van der Waals surface area contributed by atoms with Crippen LogP contribution in [0.1, 0.15) is 30.2 Å². The van der Waals surface area contributed by atoms with Crippen LogP contribution < -0.4 is 5.32 Å². The Morgan fingerprint density at radius 2 is 2.05 bits per heavy atom. The summed E-state index contributed by atoms with van der Waals surface area (Å²) in [5.41, 5.74) is 2.07. The molecule has 0 aliphatic carbocycles. The Labute approximate surface area is 116 Å². The molecule has 1 atom stereocenters. The molecule has 0 bridgehead atoms. The summed E-state index contributed by atoms with van der Waals surface area (Å²) in [5.74, 6) is 1.94. The first kappa shape index (κ1) is 12.5. The summed E-state index contributed by atoms with van der Waals surface area (Å²) in [6.45, 7) is 5.77. The maximum atomic E-state index is 5.00. The lowest BCUT2D eigenvalue weighted by Gasteiger charge is -2.12. The highest BCUT2D eigenvalue weighted by molar-refractivity contribution is 5.90. The summed E-state index contributed by atoms with van der Waals surface area (Å²) in [6, 6.07) is 5.94. The van der Waals surface area contributed by atoms with E-state index in [4.69, 9.17) is 4.52 Å². The van der Waals surface area contributed by atoms with Crippen molar-refractivity contribution in [1.29, 1.82) is 0 Å². The van der Waals surface area contributed by atoms with E-state index in [0.717, 1.165) is 22.3 Å². The lowest BCUT2D eigenvalue weighted by molar-refractivity contribution is 0.385. The lowest BCUT2D eigenvalue weighted by Crippen LogP contribution is -2.10. The molecule has 1 unspecified atom stereocenters. The zero-order valence-electron chi connectivity index (χ0n) is 11.6. The van der Waals surface area contributed by atoms with Gasteiger partial charge in [-0.3, -0.25) is 0 Å². The van der Waals surface area contributed by atoms with Crippen LogP contribution in [0, 0.1) is 13.8 Å². The number of aromatic nitrogens is 4. The molecule has 0 spiro atoms. The molecule has 6 heteroatoms. The highest BCUT2D eigenvalue weighted by Crippen LogP contribution is 2.24. The number of fused-ring (bicyclic) bond motifs is 1. The summed E-state index contributed by atoms with van der Waals surface area (Å²) in [5, 5.41) is 8.21. The van der Waals surface area contributed by atoms with E-state index in [1.807, 2.05) is 32.0 Å². The monoisotopic (exact) mass is 269 g/mol. The molecule has 0 saturated heterocycles. The van der Waals surface area contributed by atoms with E-state index in [9.17, 15) is 0 Å². The van der Waals surface area contributed by atoms with Gasteiger partial charge in [0.1, 0.15) is 12.1 Å². The largest absolute Gasteiger partial charge is 0.360 e. The first-order chi connectivity index (χ1) is 9.65. The zero-order valence-corrected chi connectivity index (χ0v) is 11.6. The maximum absolute atomic E-state index is 5.00. The second-order valence-electron chi connectivity index (χ2n) is 4.73. The molecule has 0 aliphatic heterocycles. The second kappa shape index (κ2) is 4.88. The minimum absolute atomic E-state index is 0.0916. The number of nitrogens with zero attached hydrogens (tertiary/aromatic N) is 4. The fourth-order valence-electron chi connectivity index (χ4n) is 2.11. The third kappa shape index (κ3) is 2.20. The highest BCUT2D eigenvalue weighted by atomic mass is 16.5. The number of nitrogens with one attached hydrogen (secondary N) is 1. The molecule has 102 valence electrons. The Bertz CT molecular complexity index is 752. The maximum Gasteiger partial charge on any atom is 0.223 e. The van der Waals surface area contributed by atoms with E-state index in [-0.39, 0.29) is 6.04 Å². The Balaban J connectivity index is 1.97. The Morgan fingerprint density at radius 1 is 1.20 bits per heavy atom. The molecule has 20 heavy (non-hydrogen) atoms. The summed E-state index contributed by atoms with van der Waals surface area (Å²) in [6.07, 6.45) is 1.56. The highest BCUT2D eigenvalue weighted by Gasteiger charge is 2.14. The number of rotatable bonds is 3. The van der Waals surface area contributed by atoms with Crippen LogP contribution in [-0.4, -0.2) is 20.1 Å². The number of anilines is 1. The van der Waals surface area contributed by atoms with Crippen molar-refractivity contribution in [1.82, 2.24) is 20.1 Å². The van der Waals surface area contributed by atoms with Crippen molar-refractivity contribution in [3.05, 3.63) is 41.8 Å². The third-order valence-corrected chi connectivity index (χ3v) is 3.15. The van der Waals surface area contributed by atoms with Crippen molar-refractivity contribution in [2.75, 3.05) is 5.32 Å². The SMILES string of the molecule is Cc1nc(C(C)Nc2ncnc3c(C)cccc23)no1. The Morgan fingerprint density at radius 3 is 2.80 bits per heavy atom. The normalized spacial score (nSPS) is 12.6. The van der Waals surface area contributed by atoms with Crippen molar-refractivity contribution in [2.24, 2.45) is 0 Å². The van der Waals surface area contributed by atoms with Gasteiger partial charge >= 0.3 is 0 Å². The van der Waals surface area contributed by atoms with Crippen LogP contribution in [0.15, 0.2) is 29.0 Å². The first-order valence-electron chi connectivity index (χ1n) is 6.42. The molecule has 0 aliphatic rings. The Kier molecular flexibility index (Phi) is 3.06. The van der Waals surface area contributed by atoms with Gasteiger partial charge in [0.25, 0.3) is 0 Å². The number of para-hydroxylation sites is 1. The van der Waals surface area contributed by atoms with Crippen LogP contribution in [0.4, 0.5) is 5.82 Å². The molecular weight excluding hydrogens is 254 g/mol. The van der Waals surface area contributed by atoms with Crippen molar-refractivity contribution in [2.45, 2.75) is 26.8 Å². The smallest absolute Gasteiger partial charge is 0.223 e. The predicted octanol–water partition coefficient (Wildman–Crippen LogP) is 2.80. The summed E-state index contributed by atoms with van der Waals surface area (Å²) >= 11 is 0. The van der Waals surface area contributed by atoms with Gasteiger partial charge in [0, 0.05) is 12.3 Å². The van der Waals surface area contributed by atoms with Gasteiger partial charge in [-0.15, -0.1) is 0 Å². The van der Waals surface area contributed by atoms with E-state index in [1.165, 1.54) is 0 Å². The van der Waals surface area contributed by atoms with Crippen molar-refractivity contribution < 1.29 is 4.52 Å². The minimum Gasteiger partial charge on any atom is -0.360 e. The van der Waals surface area contributed by atoms with Crippen LogP contribution in [0.3, 0.4) is 0 Å². The molecule has 0 saturated carbocycles. The van der Waals surface area contributed by atoms with Gasteiger partial charge in [0.2, 0.25) is 5.89 Å². The number of aryl methyl sites for hydroxylation is 2. The molecule has 0 fully saturated rings. The average molecular weight is 269 g/mol. The van der Waals surface area contributed by atoms with Gasteiger partial charge < -0.3 is 9.84 Å². The molecule has 1 aromatic carbocycles. The van der Waals surface area contributed by atoms with Crippen LogP contribution in [0.5, 0.6) is 0 Å². The van der Waals surface area contributed by atoms with Crippen LogP contribution in [0.25, 0.3) is 10.9 Å². The molecule has 2 aromatic heterocycles. The summed E-state index contributed by atoms with van der Waals surface area (Å²) < 4.78 is 5.00. The zero-order chi connectivity index (χ0) is 14.1. The van der Waals surface area contributed by atoms with Crippen LogP contribution in [-0.2, 0) is 0 Å². The Hall–Kier alpha value is -2.50. The van der Waals surface area contributed by atoms with E-state index >= 15 is 0 Å². The third-order valence-electron chi connectivity index (χ3n) is 3.15. The molecule has 3 rings (SSSR count). The number of hydrogen-bond acceptors (Lipinski definition) is 6. The van der Waals surface area contributed by atoms with Gasteiger partial charge in [-0.1, -0.05) is 17.3 Å². The number of hydrogen-bond donors (Lipinski definition) is 1. The molecule has 1 N–H and O–H groups in total. The topological polar surface area (TPSA) is 76.7 Å². The minimum atomic E-state index is -0.0916. The van der Waals surface area contributed by atoms with Crippen molar-refractivity contribution in [3.63, 3.8) is 0 Å². The van der Waals surface area contributed by atoms with E-state index in [1.54, 1.807) is 13.3 Å². The molecular formula is C14H15N5O. The molecule has 3 aromatic rings. The predicted molar refractivity (Wildman–Crippen MR) is 75.3 cm³/mol. The second-order valence-corrected chi connectivity index (χ2v) is 4.73. The molecule has 0 amide bonds. The average Bonchev–Trinajstić information content (AvgIpc) is 2.87. The van der Waals surface area contributed by atoms with E-state index < -0.39 is 0 Å². The molecule has 0 radical (unpaired) electrons. The molecule has 2 heterocycles. The van der Waals surface area contributed by atoms with Gasteiger partial charge in [0.15, 0.2) is 5.82 Å². The van der Waals surface area contributed by atoms with Gasteiger partial charge in [-0.05, 0) is 25.5 Å². The first-order valence-corrected chi connectivity index (χ1v) is 6.42. The summed E-state index contributed by atoms with van der Waals surface area (Å²) in [7, 11) is 0. The van der Waals surface area contributed by atoms with Crippen molar-refractivity contribution >= 4 is 16.7 Å². The number of benzene rings is 1.